The Bertz CT molecular complexity index is 1900. The van der Waals surface area contributed by atoms with Gasteiger partial charge < -0.3 is 33.8 Å². The van der Waals surface area contributed by atoms with Crippen LogP contribution in [-0.4, -0.2) is 96.7 Å². The van der Waals surface area contributed by atoms with E-state index in [-0.39, 0.29) is 25.7 Å². The van der Waals surface area contributed by atoms with Gasteiger partial charge in [0.15, 0.2) is 12.2 Å². The van der Waals surface area contributed by atoms with Gasteiger partial charge in [-0.3, -0.25) is 37.3 Å². The summed E-state index contributed by atoms with van der Waals surface area (Å²) in [6.45, 7) is 14.2. The molecule has 0 aromatic carbocycles. The van der Waals surface area contributed by atoms with E-state index in [2.05, 4.69) is 55.4 Å². The van der Waals surface area contributed by atoms with Gasteiger partial charge in [-0.15, -0.1) is 0 Å². The van der Waals surface area contributed by atoms with Crippen LogP contribution in [-0.2, 0) is 65.4 Å². The number of phosphoric ester groups is 2. The molecule has 576 valence electrons. The minimum atomic E-state index is -4.96. The third-order valence-electron chi connectivity index (χ3n) is 18.1. The number of hydrogen-bond acceptors (Lipinski definition) is 15. The fourth-order valence-corrected chi connectivity index (χ4v) is 13.5. The third-order valence-corrected chi connectivity index (χ3v) is 20.0. The lowest BCUT2D eigenvalue weighted by molar-refractivity contribution is -0.161. The average molecular weight is 1420 g/mol. The number of carbonyl (C=O) groups is 4. The number of hydrogen-bond donors (Lipinski definition) is 3. The van der Waals surface area contributed by atoms with E-state index in [1.165, 1.54) is 193 Å². The van der Waals surface area contributed by atoms with Crippen molar-refractivity contribution in [1.82, 2.24) is 0 Å². The van der Waals surface area contributed by atoms with E-state index in [0.717, 1.165) is 114 Å². The number of aliphatic hydroxyl groups is 1. The van der Waals surface area contributed by atoms with Gasteiger partial charge in [0.05, 0.1) is 26.4 Å². The lowest BCUT2D eigenvalue weighted by Gasteiger charge is -2.21. The van der Waals surface area contributed by atoms with E-state index in [4.69, 9.17) is 37.0 Å². The average Bonchev–Trinajstić information content (AvgIpc) is 1.03. The molecule has 5 atom stereocenters. The van der Waals surface area contributed by atoms with E-state index < -0.39 is 97.5 Å². The molecule has 0 saturated carbocycles. The molecule has 0 aromatic heterocycles. The van der Waals surface area contributed by atoms with E-state index in [1.807, 2.05) is 0 Å². The summed E-state index contributed by atoms with van der Waals surface area (Å²) in [5.74, 6) is 0.928. The van der Waals surface area contributed by atoms with E-state index in [1.54, 1.807) is 0 Å². The summed E-state index contributed by atoms with van der Waals surface area (Å²) in [5, 5.41) is 10.6. The summed E-state index contributed by atoms with van der Waals surface area (Å²) >= 11 is 0. The summed E-state index contributed by atoms with van der Waals surface area (Å²) in [4.78, 5) is 72.9. The van der Waals surface area contributed by atoms with Crippen LogP contribution < -0.4 is 0 Å². The zero-order valence-electron chi connectivity index (χ0n) is 63.7. The Kier molecular flexibility index (Phi) is 65.9. The number of unbranched alkanes of at least 4 members (excludes halogenated alkanes) is 41. The second-order valence-electron chi connectivity index (χ2n) is 30.0. The fraction of sp³-hybridized carbons (Fsp3) is 0.949. The molecular formula is C78H152O17P2. The molecule has 17 nitrogen and oxygen atoms in total. The molecule has 3 N–H and O–H groups in total. The molecule has 0 aromatic rings. The SMILES string of the molecule is CC(C)CCCCCCCCCCCCCCCCCC(=O)O[C@H](COC(=O)CCCCCCCCCC(C)C)COP(=O)(O)OCC(O)COP(=O)(O)OC[C@@H](COC(=O)CCCCCCCCCCCC(C)C)OC(=O)CCCCCCCCCCCCCCCCC(C)C. The van der Waals surface area contributed by atoms with Crippen molar-refractivity contribution in [2.75, 3.05) is 39.6 Å². The van der Waals surface area contributed by atoms with Gasteiger partial charge in [-0.25, -0.2) is 9.13 Å². The van der Waals surface area contributed by atoms with Gasteiger partial charge in [-0.2, -0.15) is 0 Å². The Morgan fingerprint density at radius 3 is 0.639 bits per heavy atom. The van der Waals surface area contributed by atoms with Gasteiger partial charge in [-0.05, 0) is 49.4 Å². The van der Waals surface area contributed by atoms with Gasteiger partial charge in [0.2, 0.25) is 0 Å². The highest BCUT2D eigenvalue weighted by atomic mass is 31.2. The third kappa shape index (κ3) is 72.2. The largest absolute Gasteiger partial charge is 0.472 e. The van der Waals surface area contributed by atoms with Crippen molar-refractivity contribution in [2.45, 2.75) is 414 Å². The molecule has 3 unspecified atom stereocenters. The van der Waals surface area contributed by atoms with Crippen LogP contribution in [0.4, 0.5) is 0 Å². The first-order valence-electron chi connectivity index (χ1n) is 40.2. The molecule has 0 radical (unpaired) electrons. The molecule has 0 aliphatic carbocycles. The van der Waals surface area contributed by atoms with Crippen molar-refractivity contribution >= 4 is 39.5 Å². The molecular weight excluding hydrogens is 1270 g/mol. The zero-order valence-corrected chi connectivity index (χ0v) is 65.5. The minimum absolute atomic E-state index is 0.107. The predicted octanol–water partition coefficient (Wildman–Crippen LogP) is 22.8. The maximum Gasteiger partial charge on any atom is 0.472 e. The first kappa shape index (κ1) is 95.1. The number of aliphatic hydroxyl groups excluding tert-OH is 1. The Balaban J connectivity index is 5.23. The summed E-state index contributed by atoms with van der Waals surface area (Å²) in [6.07, 6.45) is 52.8. The van der Waals surface area contributed by atoms with Gasteiger partial charge in [0, 0.05) is 25.7 Å². The van der Waals surface area contributed by atoms with Gasteiger partial charge >= 0.3 is 39.5 Å². The maximum absolute atomic E-state index is 13.1. The van der Waals surface area contributed by atoms with E-state index in [9.17, 15) is 43.2 Å². The van der Waals surface area contributed by atoms with E-state index >= 15 is 0 Å². The molecule has 0 heterocycles. The summed E-state index contributed by atoms with van der Waals surface area (Å²) in [7, 11) is -9.92. The second kappa shape index (κ2) is 67.2. The van der Waals surface area contributed by atoms with Crippen LogP contribution in [0.25, 0.3) is 0 Å². The summed E-state index contributed by atoms with van der Waals surface area (Å²) in [5.41, 5.74) is 0. The number of carbonyl (C=O) groups excluding carboxylic acids is 4. The van der Waals surface area contributed by atoms with Crippen molar-refractivity contribution in [3.63, 3.8) is 0 Å². The normalized spacial score (nSPS) is 14.1. The quantitative estimate of drug-likeness (QED) is 0.0222. The topological polar surface area (TPSA) is 237 Å². The predicted molar refractivity (Wildman–Crippen MR) is 395 cm³/mol. The molecule has 0 saturated heterocycles. The second-order valence-corrected chi connectivity index (χ2v) is 32.9. The Morgan fingerprint density at radius 1 is 0.258 bits per heavy atom. The first-order chi connectivity index (χ1) is 46.6. The highest BCUT2D eigenvalue weighted by Gasteiger charge is 2.30. The zero-order chi connectivity index (χ0) is 71.7. The highest BCUT2D eigenvalue weighted by Crippen LogP contribution is 2.45. The molecule has 0 spiro atoms. The van der Waals surface area contributed by atoms with Crippen molar-refractivity contribution in [2.24, 2.45) is 23.7 Å². The van der Waals surface area contributed by atoms with Crippen molar-refractivity contribution in [3.05, 3.63) is 0 Å². The molecule has 0 aliphatic heterocycles. The smallest absolute Gasteiger partial charge is 0.462 e. The van der Waals surface area contributed by atoms with Crippen molar-refractivity contribution in [1.29, 1.82) is 0 Å². The van der Waals surface area contributed by atoms with Crippen LogP contribution in [0.15, 0.2) is 0 Å². The number of phosphoric acid groups is 2. The molecule has 0 aliphatic rings. The van der Waals surface area contributed by atoms with Crippen molar-refractivity contribution in [3.8, 4) is 0 Å². The Labute approximate surface area is 594 Å². The molecule has 0 rings (SSSR count). The number of rotatable bonds is 75. The van der Waals surface area contributed by atoms with E-state index in [0.29, 0.717) is 31.6 Å². The first-order valence-corrected chi connectivity index (χ1v) is 43.2. The summed E-state index contributed by atoms with van der Waals surface area (Å²) < 4.78 is 68.6. The molecule has 0 bridgehead atoms. The van der Waals surface area contributed by atoms with Gasteiger partial charge in [0.25, 0.3) is 0 Å². The lowest BCUT2D eigenvalue weighted by Crippen LogP contribution is -2.30. The van der Waals surface area contributed by atoms with Crippen LogP contribution in [0, 0.1) is 23.7 Å². The van der Waals surface area contributed by atoms with Crippen LogP contribution in [0.2, 0.25) is 0 Å². The monoisotopic (exact) mass is 1420 g/mol. The molecule has 97 heavy (non-hydrogen) atoms. The standard InChI is InChI=1S/C78H152O17P2/c1-68(2)54-46-38-30-23-18-14-10-9-11-16-20-26-35-44-52-60-78(83)95-74(65-89-76(81)59-51-43-37-29-33-41-49-57-71(7)8)67-93-97(86,87)91-63-72(79)62-90-96(84,85)92-66-73(64-88-75(80)58-50-42-34-28-22-25-32-40-48-56-70(5)6)94-77(82)61-53-45-36-27-21-17-13-12-15-19-24-31-39-47-55-69(3)4/h68-74,79H,9-67H2,1-8H3,(H,84,85)(H,86,87)/t72?,73-,74-/m1/s1. The van der Waals surface area contributed by atoms with Crippen LogP contribution in [0.5, 0.6) is 0 Å². The fourth-order valence-electron chi connectivity index (χ4n) is 11.9. The Morgan fingerprint density at radius 2 is 0.433 bits per heavy atom. The minimum Gasteiger partial charge on any atom is -0.462 e. The number of ether oxygens (including phenoxy) is 4. The number of esters is 4. The Hall–Kier alpha value is -1.94. The van der Waals surface area contributed by atoms with Gasteiger partial charge in [-0.1, -0.05) is 344 Å². The maximum atomic E-state index is 13.1. The lowest BCUT2D eigenvalue weighted by atomic mass is 10.0. The molecule has 19 heteroatoms. The van der Waals surface area contributed by atoms with Crippen LogP contribution in [0.3, 0.4) is 0 Å². The summed E-state index contributed by atoms with van der Waals surface area (Å²) in [6, 6.07) is 0. The van der Waals surface area contributed by atoms with Crippen molar-refractivity contribution < 1.29 is 80.2 Å². The van der Waals surface area contributed by atoms with Crippen LogP contribution >= 0.6 is 15.6 Å². The van der Waals surface area contributed by atoms with Gasteiger partial charge in [0.1, 0.15) is 19.3 Å². The highest BCUT2D eigenvalue weighted by molar-refractivity contribution is 7.47. The van der Waals surface area contributed by atoms with Crippen LogP contribution in [0.1, 0.15) is 396 Å². The molecule has 0 amide bonds. The molecule has 0 fully saturated rings.